The van der Waals surface area contributed by atoms with Crippen molar-refractivity contribution in [3.63, 3.8) is 0 Å². The summed E-state index contributed by atoms with van der Waals surface area (Å²) < 4.78 is 4.88. The molecule has 0 aliphatic carbocycles. The van der Waals surface area contributed by atoms with Gasteiger partial charge in [0.05, 0.1) is 11.3 Å². The number of thiophene rings is 1. The average molecular weight is 395 g/mol. The van der Waals surface area contributed by atoms with E-state index >= 15 is 0 Å². The van der Waals surface area contributed by atoms with Crippen LogP contribution in [0.5, 0.6) is 0 Å². The number of carbonyl (C=O) groups excluding carboxylic acids is 3. The monoisotopic (exact) mass is 394 g/mol. The second-order valence-corrected chi connectivity index (χ2v) is 6.75. The molecule has 2 rings (SSSR count). The normalized spacial score (nSPS) is 10.2. The standard InChI is InChI=1S/C18H19ClN2O4S/c19-14-5-3-13(4-6-14)7-9-20-16(22)12-25-17(23)8-10-21-18(24)15-2-1-11-26-15/h1-6,11H,7-10,12H2,(H,20,22)(H,21,24). The van der Waals surface area contributed by atoms with Crippen molar-refractivity contribution in [3.8, 4) is 0 Å². The number of amides is 2. The van der Waals surface area contributed by atoms with Crippen LogP contribution in [-0.4, -0.2) is 37.5 Å². The van der Waals surface area contributed by atoms with Crippen molar-refractivity contribution in [2.75, 3.05) is 19.7 Å². The Morgan fingerprint density at radius 1 is 1.04 bits per heavy atom. The molecule has 8 heteroatoms. The van der Waals surface area contributed by atoms with E-state index in [2.05, 4.69) is 10.6 Å². The molecule has 0 spiro atoms. The molecule has 0 fully saturated rings. The molecule has 26 heavy (non-hydrogen) atoms. The number of halogens is 1. The molecule has 2 N–H and O–H groups in total. The Bertz CT molecular complexity index is 732. The number of hydrogen-bond donors (Lipinski definition) is 2. The molecule has 0 unspecified atom stereocenters. The molecule has 0 saturated heterocycles. The van der Waals surface area contributed by atoms with Crippen molar-refractivity contribution in [1.29, 1.82) is 0 Å². The number of rotatable bonds is 9. The summed E-state index contributed by atoms with van der Waals surface area (Å²) in [7, 11) is 0. The lowest BCUT2D eigenvalue weighted by Crippen LogP contribution is -2.31. The predicted molar refractivity (Wildman–Crippen MR) is 100 cm³/mol. The fourth-order valence-electron chi connectivity index (χ4n) is 2.04. The summed E-state index contributed by atoms with van der Waals surface area (Å²) in [6.45, 7) is 0.265. The zero-order chi connectivity index (χ0) is 18.8. The highest BCUT2D eigenvalue weighted by Crippen LogP contribution is 2.09. The molecule has 6 nitrogen and oxygen atoms in total. The zero-order valence-electron chi connectivity index (χ0n) is 14.0. The maximum absolute atomic E-state index is 11.7. The molecule has 2 aromatic rings. The molecule has 1 aromatic carbocycles. The molecule has 1 heterocycles. The van der Waals surface area contributed by atoms with Crippen molar-refractivity contribution in [2.45, 2.75) is 12.8 Å². The predicted octanol–water partition coefficient (Wildman–Crippen LogP) is 2.42. The molecule has 0 radical (unpaired) electrons. The van der Waals surface area contributed by atoms with E-state index in [0.717, 1.165) is 5.56 Å². The van der Waals surface area contributed by atoms with Gasteiger partial charge in [0.2, 0.25) is 0 Å². The lowest BCUT2D eigenvalue weighted by atomic mass is 10.1. The Kier molecular flexibility index (Phi) is 8.11. The number of esters is 1. The van der Waals surface area contributed by atoms with Crippen molar-refractivity contribution in [1.82, 2.24) is 10.6 Å². The molecule has 0 aliphatic rings. The fourth-order valence-corrected chi connectivity index (χ4v) is 2.81. The quantitative estimate of drug-likeness (QED) is 0.640. The molecule has 138 valence electrons. The third-order valence-electron chi connectivity index (χ3n) is 3.37. The van der Waals surface area contributed by atoms with Crippen LogP contribution in [0.1, 0.15) is 21.7 Å². The van der Waals surface area contributed by atoms with Gasteiger partial charge in [-0.15, -0.1) is 11.3 Å². The van der Waals surface area contributed by atoms with Crippen LogP contribution in [0.4, 0.5) is 0 Å². The maximum Gasteiger partial charge on any atom is 0.308 e. The summed E-state index contributed by atoms with van der Waals surface area (Å²) >= 11 is 7.13. The summed E-state index contributed by atoms with van der Waals surface area (Å²) in [5.74, 6) is -1.13. The summed E-state index contributed by atoms with van der Waals surface area (Å²) in [6.07, 6.45) is 0.667. The SMILES string of the molecule is O=C(COC(=O)CCNC(=O)c1cccs1)NCCc1ccc(Cl)cc1. The fraction of sp³-hybridized carbons (Fsp3) is 0.278. The number of benzene rings is 1. The van der Waals surface area contributed by atoms with E-state index < -0.39 is 5.97 Å². The Balaban J connectivity index is 1.54. The molecule has 2 amide bonds. The van der Waals surface area contributed by atoms with Gasteiger partial charge < -0.3 is 15.4 Å². The topological polar surface area (TPSA) is 84.5 Å². The van der Waals surface area contributed by atoms with Crippen LogP contribution in [-0.2, 0) is 20.7 Å². The minimum absolute atomic E-state index is 0.00910. The van der Waals surface area contributed by atoms with Crippen LogP contribution in [0.3, 0.4) is 0 Å². The third-order valence-corrected chi connectivity index (χ3v) is 4.49. The second kappa shape index (κ2) is 10.6. The summed E-state index contributed by atoms with van der Waals surface area (Å²) in [5, 5.41) is 7.76. The van der Waals surface area contributed by atoms with E-state index in [4.69, 9.17) is 16.3 Å². The first kappa shape index (κ1) is 19.9. The van der Waals surface area contributed by atoms with Gasteiger partial charge in [0.1, 0.15) is 0 Å². The number of nitrogens with one attached hydrogen (secondary N) is 2. The van der Waals surface area contributed by atoms with Gasteiger partial charge in [-0.3, -0.25) is 14.4 Å². The Hall–Kier alpha value is -2.38. The van der Waals surface area contributed by atoms with Gasteiger partial charge in [0, 0.05) is 18.1 Å². The number of ether oxygens (including phenoxy) is 1. The van der Waals surface area contributed by atoms with E-state index in [1.54, 1.807) is 29.6 Å². The van der Waals surface area contributed by atoms with Gasteiger partial charge in [-0.25, -0.2) is 0 Å². The van der Waals surface area contributed by atoms with Crippen molar-refractivity contribution >= 4 is 40.7 Å². The van der Waals surface area contributed by atoms with Gasteiger partial charge in [-0.2, -0.15) is 0 Å². The lowest BCUT2D eigenvalue weighted by molar-refractivity contribution is -0.148. The molecule has 0 saturated carbocycles. The van der Waals surface area contributed by atoms with Crippen LogP contribution in [0, 0.1) is 0 Å². The van der Waals surface area contributed by atoms with Gasteiger partial charge in [-0.05, 0) is 35.6 Å². The van der Waals surface area contributed by atoms with E-state index in [1.807, 2.05) is 12.1 Å². The summed E-state index contributed by atoms with van der Waals surface area (Å²) in [5.41, 5.74) is 1.05. The Labute approximate surface area is 160 Å². The first-order valence-corrected chi connectivity index (χ1v) is 9.29. The number of carbonyl (C=O) groups is 3. The van der Waals surface area contributed by atoms with Crippen molar-refractivity contribution < 1.29 is 19.1 Å². The Morgan fingerprint density at radius 2 is 1.81 bits per heavy atom. The highest BCUT2D eigenvalue weighted by Gasteiger charge is 2.09. The molecule has 0 bridgehead atoms. The largest absolute Gasteiger partial charge is 0.456 e. The van der Waals surface area contributed by atoms with E-state index in [-0.39, 0.29) is 31.4 Å². The van der Waals surface area contributed by atoms with E-state index in [0.29, 0.717) is 22.9 Å². The van der Waals surface area contributed by atoms with Crippen LogP contribution in [0.2, 0.25) is 5.02 Å². The summed E-state index contributed by atoms with van der Waals surface area (Å²) in [4.78, 5) is 35.5. The highest BCUT2D eigenvalue weighted by molar-refractivity contribution is 7.12. The molecule has 0 aliphatic heterocycles. The van der Waals surface area contributed by atoms with E-state index in [9.17, 15) is 14.4 Å². The zero-order valence-corrected chi connectivity index (χ0v) is 15.6. The van der Waals surface area contributed by atoms with Crippen LogP contribution >= 0.6 is 22.9 Å². The maximum atomic E-state index is 11.7. The van der Waals surface area contributed by atoms with Gasteiger partial charge in [0.25, 0.3) is 11.8 Å². The van der Waals surface area contributed by atoms with Crippen LogP contribution < -0.4 is 10.6 Å². The first-order chi connectivity index (χ1) is 12.5. The minimum atomic E-state index is -0.538. The average Bonchev–Trinajstić information content (AvgIpc) is 3.16. The minimum Gasteiger partial charge on any atom is -0.456 e. The molecule has 1 aromatic heterocycles. The molecular formula is C18H19ClN2O4S. The smallest absolute Gasteiger partial charge is 0.308 e. The van der Waals surface area contributed by atoms with Crippen LogP contribution in [0.15, 0.2) is 41.8 Å². The first-order valence-electron chi connectivity index (χ1n) is 8.03. The molecular weight excluding hydrogens is 376 g/mol. The van der Waals surface area contributed by atoms with E-state index in [1.165, 1.54) is 11.3 Å². The van der Waals surface area contributed by atoms with Gasteiger partial charge in [-0.1, -0.05) is 29.8 Å². The number of hydrogen-bond acceptors (Lipinski definition) is 5. The molecule has 0 atom stereocenters. The third kappa shape index (κ3) is 7.25. The second-order valence-electron chi connectivity index (χ2n) is 5.37. The van der Waals surface area contributed by atoms with Gasteiger partial charge >= 0.3 is 5.97 Å². The lowest BCUT2D eigenvalue weighted by Gasteiger charge is -2.07. The van der Waals surface area contributed by atoms with Crippen molar-refractivity contribution in [3.05, 3.63) is 57.2 Å². The summed E-state index contributed by atoms with van der Waals surface area (Å²) in [6, 6.07) is 10.8. The van der Waals surface area contributed by atoms with Crippen molar-refractivity contribution in [2.24, 2.45) is 0 Å². The van der Waals surface area contributed by atoms with Gasteiger partial charge in [0.15, 0.2) is 6.61 Å². The van der Waals surface area contributed by atoms with Crippen LogP contribution in [0.25, 0.3) is 0 Å². The highest BCUT2D eigenvalue weighted by atomic mass is 35.5. The Morgan fingerprint density at radius 3 is 2.50 bits per heavy atom.